The number of cyclic esters (lactones) is 1. The normalized spacial score (nSPS) is 16.6. The number of hydrogen-bond donors (Lipinski definition) is 0. The number of ether oxygens (including phenoxy) is 1. The van der Waals surface area contributed by atoms with Crippen LogP contribution in [0.3, 0.4) is 0 Å². The molecule has 3 rings (SSSR count). The third kappa shape index (κ3) is 2.53. The Morgan fingerprint density at radius 1 is 1.11 bits per heavy atom. The minimum Gasteiger partial charge on any atom is -0.465 e. The molecule has 0 saturated carbocycles. The van der Waals surface area contributed by atoms with E-state index in [-0.39, 0.29) is 5.97 Å². The molecule has 19 heavy (non-hydrogen) atoms. The number of carbonyl (C=O) groups excluding carboxylic acids is 1. The predicted molar refractivity (Wildman–Crippen MR) is 74.9 cm³/mol. The fourth-order valence-corrected chi connectivity index (χ4v) is 2.04. The zero-order valence-electron chi connectivity index (χ0n) is 9.80. The van der Waals surface area contributed by atoms with Crippen LogP contribution in [0.1, 0.15) is 11.3 Å². The van der Waals surface area contributed by atoms with Crippen LogP contribution in [0.4, 0.5) is 0 Å². The highest BCUT2D eigenvalue weighted by Gasteiger charge is 2.22. The summed E-state index contributed by atoms with van der Waals surface area (Å²) < 4.78 is 11.4. The lowest BCUT2D eigenvalue weighted by Gasteiger charge is -2.01. The summed E-state index contributed by atoms with van der Waals surface area (Å²) in [4.78, 5) is 11.8. The molecule has 2 aromatic rings. The molecule has 3 nitrogen and oxygen atoms in total. The molecule has 0 unspecified atom stereocenters. The van der Waals surface area contributed by atoms with Crippen LogP contribution in [-0.2, 0) is 9.53 Å². The third-order valence-corrected chi connectivity index (χ3v) is 3.22. The van der Waals surface area contributed by atoms with Crippen molar-refractivity contribution in [2.45, 2.75) is 0 Å². The Bertz CT molecular complexity index is 664. The fraction of sp³-hybridized carbons (Fsp3) is 0. The summed E-state index contributed by atoms with van der Waals surface area (Å²) in [6.07, 6.45) is 4.94. The lowest BCUT2D eigenvalue weighted by atomic mass is 10.1. The van der Waals surface area contributed by atoms with E-state index in [1.807, 2.05) is 24.3 Å². The second-order valence-electron chi connectivity index (χ2n) is 4.02. The first-order valence-electron chi connectivity index (χ1n) is 5.67. The van der Waals surface area contributed by atoms with Crippen LogP contribution >= 0.6 is 15.9 Å². The van der Waals surface area contributed by atoms with E-state index in [9.17, 15) is 4.79 Å². The Labute approximate surface area is 118 Å². The second-order valence-corrected chi connectivity index (χ2v) is 4.94. The minimum absolute atomic E-state index is 0.366. The quantitative estimate of drug-likeness (QED) is 0.620. The molecule has 2 heterocycles. The lowest BCUT2D eigenvalue weighted by Crippen LogP contribution is -1.96. The van der Waals surface area contributed by atoms with Gasteiger partial charge in [-0.05, 0) is 36.4 Å². The topological polar surface area (TPSA) is 39.4 Å². The number of esters is 1. The zero-order valence-corrected chi connectivity index (χ0v) is 11.4. The number of furan rings is 1. The van der Waals surface area contributed by atoms with Crippen LogP contribution in [0.15, 0.2) is 63.2 Å². The Hall–Kier alpha value is -2.07. The van der Waals surface area contributed by atoms with Crippen LogP contribution in [-0.4, -0.2) is 5.97 Å². The molecule has 1 aromatic carbocycles. The number of hydrogen-bond acceptors (Lipinski definition) is 3. The zero-order chi connectivity index (χ0) is 13.2. The summed E-state index contributed by atoms with van der Waals surface area (Å²) in [5, 5.41) is 0. The first kappa shape index (κ1) is 12.0. The van der Waals surface area contributed by atoms with Gasteiger partial charge in [-0.3, -0.25) is 0 Å². The second kappa shape index (κ2) is 4.90. The molecule has 0 atom stereocenters. The monoisotopic (exact) mass is 316 g/mol. The van der Waals surface area contributed by atoms with Crippen LogP contribution in [0.5, 0.6) is 0 Å². The van der Waals surface area contributed by atoms with E-state index >= 15 is 0 Å². The summed E-state index contributed by atoms with van der Waals surface area (Å²) in [6, 6.07) is 11.1. The van der Waals surface area contributed by atoms with E-state index in [4.69, 9.17) is 9.15 Å². The van der Waals surface area contributed by atoms with E-state index in [0.717, 1.165) is 10.0 Å². The van der Waals surface area contributed by atoms with Gasteiger partial charge in [-0.15, -0.1) is 0 Å². The van der Waals surface area contributed by atoms with Gasteiger partial charge in [0, 0.05) is 10.0 Å². The van der Waals surface area contributed by atoms with Gasteiger partial charge in [0.15, 0.2) is 0 Å². The highest BCUT2D eigenvalue weighted by atomic mass is 79.9. The van der Waals surface area contributed by atoms with E-state index in [2.05, 4.69) is 15.9 Å². The van der Waals surface area contributed by atoms with Crippen LogP contribution in [0, 0.1) is 0 Å². The van der Waals surface area contributed by atoms with Crippen LogP contribution in [0.25, 0.3) is 11.8 Å². The molecule has 0 saturated heterocycles. The highest BCUT2D eigenvalue weighted by Crippen LogP contribution is 2.28. The summed E-state index contributed by atoms with van der Waals surface area (Å²) >= 11 is 3.37. The van der Waals surface area contributed by atoms with Crippen molar-refractivity contribution in [3.05, 3.63) is 70.1 Å². The van der Waals surface area contributed by atoms with Gasteiger partial charge >= 0.3 is 5.97 Å². The molecule has 1 aromatic heterocycles. The predicted octanol–water partition coefficient (Wildman–Crippen LogP) is 4.02. The Morgan fingerprint density at radius 3 is 2.58 bits per heavy atom. The van der Waals surface area contributed by atoms with E-state index in [1.165, 1.54) is 0 Å². The SMILES string of the molecule is O=C1OC(c2ccc(Br)cc2)=C/C1=C\c1ccco1. The van der Waals surface area contributed by atoms with Gasteiger partial charge in [0.2, 0.25) is 0 Å². The van der Waals surface area contributed by atoms with Crippen molar-refractivity contribution in [1.82, 2.24) is 0 Å². The van der Waals surface area contributed by atoms with Crippen molar-refractivity contribution < 1.29 is 13.9 Å². The molecule has 0 spiro atoms. The van der Waals surface area contributed by atoms with Gasteiger partial charge in [-0.25, -0.2) is 4.79 Å². The van der Waals surface area contributed by atoms with Gasteiger partial charge in [0.1, 0.15) is 11.5 Å². The Kier molecular flexibility index (Phi) is 3.09. The van der Waals surface area contributed by atoms with E-state index in [1.54, 1.807) is 30.5 Å². The first-order valence-corrected chi connectivity index (χ1v) is 6.47. The lowest BCUT2D eigenvalue weighted by molar-refractivity contribution is -0.130. The average molecular weight is 317 g/mol. The number of benzene rings is 1. The first-order chi connectivity index (χ1) is 9.22. The average Bonchev–Trinajstić information content (AvgIpc) is 3.02. The smallest absolute Gasteiger partial charge is 0.343 e. The molecule has 0 fully saturated rings. The van der Waals surface area contributed by atoms with Gasteiger partial charge in [0.25, 0.3) is 0 Å². The van der Waals surface area contributed by atoms with E-state index < -0.39 is 0 Å². The van der Waals surface area contributed by atoms with Crippen molar-refractivity contribution in [3.63, 3.8) is 0 Å². The van der Waals surface area contributed by atoms with Gasteiger partial charge in [-0.1, -0.05) is 28.1 Å². The summed E-state index contributed by atoms with van der Waals surface area (Å²) in [7, 11) is 0. The van der Waals surface area contributed by atoms with Gasteiger partial charge in [0.05, 0.1) is 11.8 Å². The number of halogens is 1. The van der Waals surface area contributed by atoms with Crippen molar-refractivity contribution in [3.8, 4) is 0 Å². The molecular formula is C15H9BrO3. The van der Waals surface area contributed by atoms with Gasteiger partial charge < -0.3 is 9.15 Å². The summed E-state index contributed by atoms with van der Waals surface area (Å²) in [5.74, 6) is 0.810. The van der Waals surface area contributed by atoms with Crippen LogP contribution < -0.4 is 0 Å². The minimum atomic E-state index is -0.366. The molecule has 1 aliphatic heterocycles. The summed E-state index contributed by atoms with van der Waals surface area (Å²) in [6.45, 7) is 0. The maximum absolute atomic E-state index is 11.8. The van der Waals surface area contributed by atoms with Crippen molar-refractivity contribution in [2.75, 3.05) is 0 Å². The molecule has 0 amide bonds. The molecule has 1 aliphatic rings. The van der Waals surface area contributed by atoms with Crippen LogP contribution in [0.2, 0.25) is 0 Å². The van der Waals surface area contributed by atoms with Crippen molar-refractivity contribution in [2.24, 2.45) is 0 Å². The molecule has 0 radical (unpaired) electrons. The number of carbonyl (C=O) groups is 1. The highest BCUT2D eigenvalue weighted by molar-refractivity contribution is 9.10. The van der Waals surface area contributed by atoms with E-state index in [0.29, 0.717) is 17.1 Å². The maximum Gasteiger partial charge on any atom is 0.343 e. The molecule has 4 heteroatoms. The maximum atomic E-state index is 11.8. The molecule has 94 valence electrons. The molecule has 0 N–H and O–H groups in total. The molecular weight excluding hydrogens is 308 g/mol. The Balaban J connectivity index is 1.93. The fourth-order valence-electron chi connectivity index (χ4n) is 1.77. The summed E-state index contributed by atoms with van der Waals surface area (Å²) in [5.41, 5.74) is 1.34. The Morgan fingerprint density at radius 2 is 1.89 bits per heavy atom. The third-order valence-electron chi connectivity index (χ3n) is 2.69. The number of rotatable bonds is 2. The standard InChI is InChI=1S/C15H9BrO3/c16-12-5-3-10(4-6-12)14-9-11(15(17)19-14)8-13-2-1-7-18-13/h1-9H/b11-8+. The van der Waals surface area contributed by atoms with Crippen molar-refractivity contribution in [1.29, 1.82) is 0 Å². The van der Waals surface area contributed by atoms with Crippen molar-refractivity contribution >= 4 is 33.7 Å². The molecule has 0 bridgehead atoms. The molecule has 0 aliphatic carbocycles. The van der Waals surface area contributed by atoms with Gasteiger partial charge in [-0.2, -0.15) is 0 Å². The largest absolute Gasteiger partial charge is 0.465 e.